The number of aliphatic carboxylic acids is 1. The average Bonchev–Trinajstić information content (AvgIpc) is 2.73. The quantitative estimate of drug-likeness (QED) is 0.893. The fraction of sp³-hybridized carbons (Fsp3) is 0.500. The summed E-state index contributed by atoms with van der Waals surface area (Å²) >= 11 is 0. The van der Waals surface area contributed by atoms with E-state index in [1.54, 1.807) is 12.1 Å². The monoisotopic (exact) mass is 251 g/mol. The van der Waals surface area contributed by atoms with Crippen molar-refractivity contribution >= 4 is 5.97 Å². The van der Waals surface area contributed by atoms with Crippen molar-refractivity contribution in [1.29, 1.82) is 0 Å². The minimum atomic E-state index is -1.05. The van der Waals surface area contributed by atoms with Gasteiger partial charge < -0.3 is 5.11 Å². The van der Waals surface area contributed by atoms with E-state index in [-0.39, 0.29) is 5.82 Å². The molecule has 18 heavy (non-hydrogen) atoms. The summed E-state index contributed by atoms with van der Waals surface area (Å²) in [6, 6.07) is 4.75. The van der Waals surface area contributed by atoms with Crippen LogP contribution in [0.5, 0.6) is 0 Å². The highest BCUT2D eigenvalue weighted by Crippen LogP contribution is 2.42. The maximum absolute atomic E-state index is 13.8. The van der Waals surface area contributed by atoms with Crippen molar-refractivity contribution in [3.05, 3.63) is 35.1 Å². The van der Waals surface area contributed by atoms with Gasteiger partial charge in [0.1, 0.15) is 11.4 Å². The molecular weight excluding hydrogens is 233 g/mol. The Morgan fingerprint density at radius 1 is 1.44 bits per heavy atom. The van der Waals surface area contributed by atoms with E-state index < -0.39 is 11.5 Å². The van der Waals surface area contributed by atoms with Crippen LogP contribution in [0.25, 0.3) is 0 Å². The fourth-order valence-electron chi connectivity index (χ4n) is 3.09. The molecule has 0 amide bonds. The lowest BCUT2D eigenvalue weighted by atomic mass is 9.89. The van der Waals surface area contributed by atoms with Gasteiger partial charge in [0.05, 0.1) is 0 Å². The minimum Gasteiger partial charge on any atom is -0.480 e. The molecular formula is C14H18FNO2. The smallest absolute Gasteiger partial charge is 0.328 e. The Morgan fingerprint density at radius 2 is 2.11 bits per heavy atom. The van der Waals surface area contributed by atoms with E-state index in [2.05, 4.69) is 0 Å². The number of halogens is 1. The molecule has 1 aromatic rings. The van der Waals surface area contributed by atoms with Crippen LogP contribution in [0.2, 0.25) is 0 Å². The van der Waals surface area contributed by atoms with E-state index in [4.69, 9.17) is 0 Å². The molecule has 0 saturated carbocycles. The number of hydrogen-bond acceptors (Lipinski definition) is 2. The fourth-order valence-corrected chi connectivity index (χ4v) is 3.09. The van der Waals surface area contributed by atoms with E-state index in [0.717, 1.165) is 0 Å². The first-order valence-electron chi connectivity index (χ1n) is 6.34. The van der Waals surface area contributed by atoms with Crippen molar-refractivity contribution in [3.8, 4) is 0 Å². The van der Waals surface area contributed by atoms with E-state index in [9.17, 15) is 14.3 Å². The number of carbonyl (C=O) groups is 1. The molecule has 0 radical (unpaired) electrons. The molecule has 1 atom stereocenters. The maximum Gasteiger partial charge on any atom is 0.328 e. The Kier molecular flexibility index (Phi) is 3.39. The second kappa shape index (κ2) is 4.69. The first-order valence-corrected chi connectivity index (χ1v) is 6.34. The van der Waals surface area contributed by atoms with Crippen LogP contribution in [0.3, 0.4) is 0 Å². The molecule has 1 aromatic carbocycles. The normalized spacial score (nSPS) is 22.2. The van der Waals surface area contributed by atoms with Crippen molar-refractivity contribution in [2.75, 3.05) is 13.1 Å². The van der Waals surface area contributed by atoms with Crippen molar-refractivity contribution < 1.29 is 14.3 Å². The molecule has 0 fully saturated rings. The molecule has 3 nitrogen and oxygen atoms in total. The van der Waals surface area contributed by atoms with Crippen LogP contribution in [0.1, 0.15) is 31.4 Å². The Labute approximate surface area is 106 Å². The third-order valence-corrected chi connectivity index (χ3v) is 3.96. The van der Waals surface area contributed by atoms with Crippen molar-refractivity contribution in [1.82, 2.24) is 4.90 Å². The summed E-state index contributed by atoms with van der Waals surface area (Å²) in [5.41, 5.74) is 0.131. The van der Waals surface area contributed by atoms with Crippen LogP contribution in [-0.4, -0.2) is 29.1 Å². The Bertz CT molecular complexity index is 471. The number of carboxylic acid groups (broad SMARTS) is 1. The van der Waals surface area contributed by atoms with Crippen LogP contribution in [0, 0.1) is 5.82 Å². The van der Waals surface area contributed by atoms with Crippen molar-refractivity contribution in [3.63, 3.8) is 0 Å². The summed E-state index contributed by atoms with van der Waals surface area (Å²) in [7, 11) is 0. The van der Waals surface area contributed by atoms with Gasteiger partial charge in [-0.25, -0.2) is 9.18 Å². The Hall–Kier alpha value is -1.42. The molecule has 98 valence electrons. The van der Waals surface area contributed by atoms with Crippen LogP contribution >= 0.6 is 0 Å². The molecule has 4 heteroatoms. The molecule has 1 aliphatic carbocycles. The third-order valence-electron chi connectivity index (χ3n) is 3.96. The van der Waals surface area contributed by atoms with Gasteiger partial charge in [0, 0.05) is 0 Å². The van der Waals surface area contributed by atoms with Gasteiger partial charge >= 0.3 is 5.97 Å². The zero-order valence-electron chi connectivity index (χ0n) is 10.7. The SMILES string of the molecule is CCN(CC)C1(C(=O)O)CCc2c(F)cccc21. The lowest BCUT2D eigenvalue weighted by Crippen LogP contribution is -2.50. The highest BCUT2D eigenvalue weighted by Gasteiger charge is 2.49. The summed E-state index contributed by atoms with van der Waals surface area (Å²) in [4.78, 5) is 13.7. The van der Waals surface area contributed by atoms with E-state index >= 15 is 0 Å². The molecule has 2 rings (SSSR count). The van der Waals surface area contributed by atoms with Gasteiger partial charge in [-0.2, -0.15) is 0 Å². The topological polar surface area (TPSA) is 40.5 Å². The standard InChI is InChI=1S/C14H18FNO2/c1-3-16(4-2)14(13(17)18)9-8-10-11(14)6-5-7-12(10)15/h5-7H,3-4,8-9H2,1-2H3,(H,17,18). The summed E-state index contributed by atoms with van der Waals surface area (Å²) in [6.07, 6.45) is 0.936. The average molecular weight is 251 g/mol. The zero-order valence-corrected chi connectivity index (χ0v) is 10.7. The highest BCUT2D eigenvalue weighted by molar-refractivity contribution is 5.82. The Balaban J connectivity index is 2.61. The number of nitrogens with zero attached hydrogens (tertiary/aromatic N) is 1. The van der Waals surface area contributed by atoms with Gasteiger partial charge in [0.25, 0.3) is 0 Å². The van der Waals surface area contributed by atoms with Gasteiger partial charge in [-0.3, -0.25) is 4.90 Å². The molecule has 0 aromatic heterocycles. The molecule has 0 spiro atoms. The predicted octanol–water partition coefficient (Wildman–Crippen LogP) is 2.39. The van der Waals surface area contributed by atoms with Crippen LogP contribution < -0.4 is 0 Å². The molecule has 0 bridgehead atoms. The van der Waals surface area contributed by atoms with Crippen molar-refractivity contribution in [2.24, 2.45) is 0 Å². The summed E-state index contributed by atoms with van der Waals surface area (Å²) in [5.74, 6) is -1.17. The molecule has 0 heterocycles. The minimum absolute atomic E-state index is 0.289. The first-order chi connectivity index (χ1) is 8.57. The number of rotatable bonds is 4. The second-order valence-electron chi connectivity index (χ2n) is 4.60. The Morgan fingerprint density at radius 3 is 2.67 bits per heavy atom. The number of fused-ring (bicyclic) bond motifs is 1. The zero-order chi connectivity index (χ0) is 13.3. The van der Waals surface area contributed by atoms with E-state index in [1.165, 1.54) is 6.07 Å². The lowest BCUT2D eigenvalue weighted by molar-refractivity contribution is -0.152. The number of hydrogen-bond donors (Lipinski definition) is 1. The molecule has 0 saturated heterocycles. The molecule has 1 aliphatic rings. The van der Waals surface area contributed by atoms with E-state index in [1.807, 2.05) is 18.7 Å². The largest absolute Gasteiger partial charge is 0.480 e. The lowest BCUT2D eigenvalue weighted by Gasteiger charge is -2.37. The van der Waals surface area contributed by atoms with Crippen LogP contribution in [0.4, 0.5) is 4.39 Å². The number of benzene rings is 1. The highest BCUT2D eigenvalue weighted by atomic mass is 19.1. The number of carboxylic acids is 1. The third kappa shape index (κ3) is 1.63. The van der Waals surface area contributed by atoms with Gasteiger partial charge in [0.15, 0.2) is 0 Å². The van der Waals surface area contributed by atoms with Crippen molar-refractivity contribution in [2.45, 2.75) is 32.2 Å². The molecule has 1 N–H and O–H groups in total. The second-order valence-corrected chi connectivity index (χ2v) is 4.60. The summed E-state index contributed by atoms with van der Waals surface area (Å²) in [5, 5.41) is 9.67. The van der Waals surface area contributed by atoms with E-state index in [0.29, 0.717) is 37.1 Å². The summed E-state index contributed by atoms with van der Waals surface area (Å²) < 4.78 is 13.8. The van der Waals surface area contributed by atoms with Crippen LogP contribution in [0.15, 0.2) is 18.2 Å². The first kappa shape index (κ1) is 13.0. The van der Waals surface area contributed by atoms with Gasteiger partial charge in [-0.15, -0.1) is 0 Å². The molecule has 0 aliphatic heterocycles. The van der Waals surface area contributed by atoms with Gasteiger partial charge in [-0.05, 0) is 43.1 Å². The van der Waals surface area contributed by atoms with Crippen LogP contribution in [-0.2, 0) is 16.8 Å². The van der Waals surface area contributed by atoms with Gasteiger partial charge in [0.2, 0.25) is 0 Å². The molecule has 1 unspecified atom stereocenters. The summed E-state index contributed by atoms with van der Waals surface area (Å²) in [6.45, 7) is 5.15. The number of likely N-dealkylation sites (N-methyl/N-ethyl adjacent to an activating group) is 1. The maximum atomic E-state index is 13.8. The van der Waals surface area contributed by atoms with Gasteiger partial charge in [-0.1, -0.05) is 26.0 Å². The predicted molar refractivity (Wildman–Crippen MR) is 67.0 cm³/mol.